The van der Waals surface area contributed by atoms with Crippen molar-refractivity contribution in [1.82, 2.24) is 15.6 Å². The number of benzene rings is 2. The average Bonchev–Trinajstić information content (AvgIpc) is 3.39. The Morgan fingerprint density at radius 3 is 2.39 bits per heavy atom. The van der Waals surface area contributed by atoms with Crippen molar-refractivity contribution in [2.75, 3.05) is 11.5 Å². The van der Waals surface area contributed by atoms with Gasteiger partial charge in [-0.3, -0.25) is 9.59 Å². The minimum atomic E-state index is -1.28. The van der Waals surface area contributed by atoms with Gasteiger partial charge in [0.2, 0.25) is 5.91 Å². The van der Waals surface area contributed by atoms with Crippen LogP contribution in [0.25, 0.3) is 10.9 Å². The van der Waals surface area contributed by atoms with Gasteiger partial charge in [0, 0.05) is 41.1 Å². The quantitative estimate of drug-likeness (QED) is 0.176. The molecule has 4 N–H and O–H groups in total. The van der Waals surface area contributed by atoms with Crippen LogP contribution in [0.2, 0.25) is 0 Å². The van der Waals surface area contributed by atoms with Crippen LogP contribution in [-0.2, 0) is 27.2 Å². The zero-order valence-corrected chi connectivity index (χ0v) is 26.1. The molecule has 4 fully saturated rings. The van der Waals surface area contributed by atoms with Crippen LogP contribution in [0.4, 0.5) is 4.79 Å². The molecule has 44 heavy (non-hydrogen) atoms. The van der Waals surface area contributed by atoms with Crippen molar-refractivity contribution in [3.63, 3.8) is 0 Å². The molecule has 1 aromatic heterocycles. The molecular formula is C35H43N3O5S. The third-order valence-electron chi connectivity index (χ3n) is 9.92. The molecule has 7 rings (SSSR count). The number of carbonyl (C=O) groups excluding carboxylic acids is 2. The van der Waals surface area contributed by atoms with Crippen LogP contribution < -0.4 is 10.6 Å². The Morgan fingerprint density at radius 2 is 1.68 bits per heavy atom. The number of para-hydroxylation sites is 1. The molecule has 2 amide bonds. The highest BCUT2D eigenvalue weighted by atomic mass is 32.2. The standard InChI is InChI=1S/C35H43N3O5S/c1-35(19-27-20-36-30-10-6-5-9-29(27)30,38-34(42)43-32-25-14-23-13-24(16-25)17-26(32)15-23)33(41)37-28(21-44-12-11-31(39)40)18-22-7-3-2-4-8-22/h2-10,20,23-26,28,32,36H,11-19,21H2,1H3,(H,37,41)(H,38,42)(H,39,40). The second-order valence-corrected chi connectivity index (χ2v) is 14.5. The fourth-order valence-corrected chi connectivity index (χ4v) is 9.04. The summed E-state index contributed by atoms with van der Waals surface area (Å²) < 4.78 is 6.18. The van der Waals surface area contributed by atoms with Crippen LogP contribution in [0, 0.1) is 23.7 Å². The average molecular weight is 618 g/mol. The molecule has 4 aliphatic rings. The highest BCUT2D eigenvalue weighted by Crippen LogP contribution is 2.54. The van der Waals surface area contributed by atoms with Crippen molar-refractivity contribution >= 4 is 40.6 Å². The molecule has 2 aromatic carbocycles. The molecule has 234 valence electrons. The maximum atomic E-state index is 14.2. The second kappa shape index (κ2) is 13.3. The Labute approximate surface area is 263 Å². The lowest BCUT2D eigenvalue weighted by Crippen LogP contribution is -2.61. The zero-order valence-electron chi connectivity index (χ0n) is 25.3. The van der Waals surface area contributed by atoms with Gasteiger partial charge in [0.05, 0.1) is 6.42 Å². The summed E-state index contributed by atoms with van der Waals surface area (Å²) in [4.78, 5) is 42.2. The van der Waals surface area contributed by atoms with E-state index >= 15 is 0 Å². The largest absolute Gasteiger partial charge is 0.481 e. The Bertz CT molecular complexity index is 1450. The van der Waals surface area contributed by atoms with Crippen molar-refractivity contribution in [3.8, 4) is 0 Å². The molecule has 0 spiro atoms. The van der Waals surface area contributed by atoms with E-state index in [1.54, 1.807) is 6.92 Å². The number of aromatic amines is 1. The first-order chi connectivity index (χ1) is 21.3. The predicted molar refractivity (Wildman–Crippen MR) is 173 cm³/mol. The van der Waals surface area contributed by atoms with Crippen LogP contribution in [0.5, 0.6) is 0 Å². The molecule has 2 unspecified atom stereocenters. The van der Waals surface area contributed by atoms with Gasteiger partial charge in [0.25, 0.3) is 0 Å². The van der Waals surface area contributed by atoms with Gasteiger partial charge in [-0.25, -0.2) is 4.79 Å². The Balaban J connectivity index is 1.20. The number of rotatable bonds is 13. The number of aliphatic carboxylic acids is 1. The summed E-state index contributed by atoms with van der Waals surface area (Å²) in [6.45, 7) is 1.78. The van der Waals surface area contributed by atoms with Crippen LogP contribution in [0.15, 0.2) is 60.8 Å². The summed E-state index contributed by atoms with van der Waals surface area (Å²) in [5.74, 6) is 2.27. The molecule has 4 aliphatic carbocycles. The van der Waals surface area contributed by atoms with E-state index in [9.17, 15) is 14.4 Å². The van der Waals surface area contributed by atoms with Gasteiger partial charge in [-0.15, -0.1) is 0 Å². The Morgan fingerprint density at radius 1 is 1.00 bits per heavy atom. The SMILES string of the molecule is CC(Cc1c[nH]c2ccccc12)(NC(=O)OC1C2CC3CC(C2)CC1C3)C(=O)NC(CSCCC(=O)O)Cc1ccccc1. The number of hydrogen-bond donors (Lipinski definition) is 4. The van der Waals surface area contributed by atoms with Gasteiger partial charge in [-0.2, -0.15) is 11.8 Å². The summed E-state index contributed by atoms with van der Waals surface area (Å²) >= 11 is 1.51. The fraction of sp³-hybridized carbons (Fsp3) is 0.514. The summed E-state index contributed by atoms with van der Waals surface area (Å²) in [6, 6.07) is 17.6. The maximum Gasteiger partial charge on any atom is 0.408 e. The monoisotopic (exact) mass is 617 g/mol. The van der Waals surface area contributed by atoms with Gasteiger partial charge in [0.1, 0.15) is 11.6 Å². The highest BCUT2D eigenvalue weighted by Gasteiger charge is 2.50. The van der Waals surface area contributed by atoms with E-state index in [1.165, 1.54) is 18.2 Å². The minimum absolute atomic E-state index is 0.0625. The molecule has 0 aliphatic heterocycles. The van der Waals surface area contributed by atoms with E-state index in [1.807, 2.05) is 60.8 Å². The molecule has 8 nitrogen and oxygen atoms in total. The highest BCUT2D eigenvalue weighted by molar-refractivity contribution is 7.99. The molecule has 4 bridgehead atoms. The second-order valence-electron chi connectivity index (χ2n) is 13.4. The first-order valence-electron chi connectivity index (χ1n) is 15.9. The number of carboxylic acid groups (broad SMARTS) is 1. The molecule has 9 heteroatoms. The predicted octanol–water partition coefficient (Wildman–Crippen LogP) is 5.96. The summed E-state index contributed by atoms with van der Waals surface area (Å²) in [7, 11) is 0. The number of amides is 2. The van der Waals surface area contributed by atoms with Crippen molar-refractivity contribution in [1.29, 1.82) is 0 Å². The van der Waals surface area contributed by atoms with Crippen molar-refractivity contribution in [3.05, 3.63) is 71.9 Å². The molecule has 3 aromatic rings. The third-order valence-corrected chi connectivity index (χ3v) is 11.1. The summed E-state index contributed by atoms with van der Waals surface area (Å²) in [5, 5.41) is 16.4. The van der Waals surface area contributed by atoms with Crippen molar-refractivity contribution in [2.24, 2.45) is 23.7 Å². The summed E-state index contributed by atoms with van der Waals surface area (Å²) in [5.41, 5.74) is 1.69. The number of thioether (sulfide) groups is 1. The fourth-order valence-electron chi connectivity index (χ4n) is 8.07. The van der Waals surface area contributed by atoms with Gasteiger partial charge in [-0.05, 0) is 86.3 Å². The van der Waals surface area contributed by atoms with Crippen LogP contribution in [-0.4, -0.2) is 57.3 Å². The molecular weight excluding hydrogens is 574 g/mol. The number of alkyl carbamates (subject to hydrolysis) is 1. The van der Waals surface area contributed by atoms with Crippen molar-refractivity contribution < 1.29 is 24.2 Å². The lowest BCUT2D eigenvalue weighted by molar-refractivity contribution is -0.136. The zero-order chi connectivity index (χ0) is 30.7. The van der Waals surface area contributed by atoms with E-state index in [-0.39, 0.29) is 30.9 Å². The van der Waals surface area contributed by atoms with Crippen LogP contribution >= 0.6 is 11.8 Å². The normalized spacial score (nSPS) is 25.7. The topological polar surface area (TPSA) is 121 Å². The first kappa shape index (κ1) is 30.6. The minimum Gasteiger partial charge on any atom is -0.481 e. The van der Waals surface area contributed by atoms with Gasteiger partial charge >= 0.3 is 12.1 Å². The number of hydrogen-bond acceptors (Lipinski definition) is 5. The molecule has 2 atom stereocenters. The van der Waals surface area contributed by atoms with E-state index in [2.05, 4.69) is 15.6 Å². The Hall–Kier alpha value is -3.46. The van der Waals surface area contributed by atoms with E-state index < -0.39 is 17.6 Å². The molecule has 0 saturated heterocycles. The number of nitrogens with one attached hydrogen (secondary N) is 3. The molecule has 4 saturated carbocycles. The van der Waals surface area contributed by atoms with Crippen LogP contribution in [0.3, 0.4) is 0 Å². The Kier molecular flexibility index (Phi) is 9.21. The number of fused-ring (bicyclic) bond motifs is 1. The number of carbonyl (C=O) groups is 3. The van der Waals surface area contributed by atoms with Crippen LogP contribution in [0.1, 0.15) is 56.6 Å². The smallest absolute Gasteiger partial charge is 0.408 e. The first-order valence-corrected chi connectivity index (χ1v) is 17.1. The maximum absolute atomic E-state index is 14.2. The van der Waals surface area contributed by atoms with E-state index in [0.29, 0.717) is 29.8 Å². The van der Waals surface area contributed by atoms with Crippen molar-refractivity contribution in [2.45, 2.75) is 76.0 Å². The van der Waals surface area contributed by atoms with Gasteiger partial charge in [-0.1, -0.05) is 48.5 Å². The van der Waals surface area contributed by atoms with Gasteiger partial charge in [0.15, 0.2) is 0 Å². The number of H-pyrrole nitrogens is 1. The number of aromatic nitrogens is 1. The van der Waals surface area contributed by atoms with E-state index in [0.717, 1.165) is 59.5 Å². The summed E-state index contributed by atoms with van der Waals surface area (Å²) in [6.07, 6.45) is 8.10. The van der Waals surface area contributed by atoms with E-state index in [4.69, 9.17) is 9.84 Å². The lowest BCUT2D eigenvalue weighted by Gasteiger charge is -2.53. The number of carboxylic acids is 1. The molecule has 1 heterocycles. The third kappa shape index (κ3) is 7.09. The lowest BCUT2D eigenvalue weighted by atomic mass is 9.55. The molecule has 0 radical (unpaired) electrons. The van der Waals surface area contributed by atoms with Gasteiger partial charge < -0.3 is 25.5 Å². The number of ether oxygens (including phenoxy) is 1.